The molecule has 1 aliphatic heterocycles. The van der Waals surface area contributed by atoms with Gasteiger partial charge in [-0.3, -0.25) is 9.59 Å². The average molecular weight is 332 g/mol. The van der Waals surface area contributed by atoms with Crippen LogP contribution in [-0.2, 0) is 11.3 Å². The van der Waals surface area contributed by atoms with Gasteiger partial charge in [-0.15, -0.1) is 0 Å². The van der Waals surface area contributed by atoms with Crippen molar-refractivity contribution in [1.82, 2.24) is 10.2 Å². The molecule has 0 saturated carbocycles. The largest absolute Gasteiger partial charge is 0.394 e. The minimum atomic E-state index is -0.516. The van der Waals surface area contributed by atoms with Crippen molar-refractivity contribution in [3.63, 3.8) is 0 Å². The number of amides is 2. The molecule has 2 atom stereocenters. The first-order chi connectivity index (χ1) is 11.3. The normalized spacial score (nSPS) is 16.5. The molecule has 1 aliphatic rings. The Kier molecular flexibility index (Phi) is 5.99. The number of hydrogen-bond acceptors (Lipinski definition) is 3. The van der Waals surface area contributed by atoms with E-state index in [2.05, 4.69) is 5.32 Å². The highest BCUT2D eigenvalue weighted by Crippen LogP contribution is 2.27. The molecular formula is C19H28N2O3. The van der Waals surface area contributed by atoms with Gasteiger partial charge in [0.2, 0.25) is 5.91 Å². The first-order valence-electron chi connectivity index (χ1n) is 8.65. The van der Waals surface area contributed by atoms with Crippen LogP contribution in [-0.4, -0.2) is 40.5 Å². The molecule has 0 bridgehead atoms. The number of nitrogens with zero attached hydrogens (tertiary/aromatic N) is 1. The van der Waals surface area contributed by atoms with Crippen LogP contribution < -0.4 is 5.32 Å². The molecule has 0 fully saturated rings. The van der Waals surface area contributed by atoms with Gasteiger partial charge in [-0.2, -0.15) is 0 Å². The van der Waals surface area contributed by atoms with E-state index < -0.39 is 6.04 Å². The second kappa shape index (κ2) is 7.79. The Morgan fingerprint density at radius 3 is 2.46 bits per heavy atom. The van der Waals surface area contributed by atoms with Crippen molar-refractivity contribution in [2.24, 2.45) is 11.8 Å². The molecule has 5 nitrogen and oxygen atoms in total. The van der Waals surface area contributed by atoms with Crippen molar-refractivity contribution in [2.45, 2.75) is 52.7 Å². The number of aliphatic hydroxyl groups is 1. The van der Waals surface area contributed by atoms with Crippen LogP contribution in [0, 0.1) is 11.8 Å². The minimum absolute atomic E-state index is 0.0866. The van der Waals surface area contributed by atoms with Gasteiger partial charge >= 0.3 is 0 Å². The van der Waals surface area contributed by atoms with Gasteiger partial charge in [-0.25, -0.2) is 0 Å². The summed E-state index contributed by atoms with van der Waals surface area (Å²) in [4.78, 5) is 27.2. The topological polar surface area (TPSA) is 69.6 Å². The second-order valence-electron chi connectivity index (χ2n) is 7.28. The SMILES string of the molecule is CC(C)CC(C(=O)NC(CO)C(C)C)N1Cc2ccccc2C1=O. The van der Waals surface area contributed by atoms with Gasteiger partial charge in [0.1, 0.15) is 6.04 Å². The quantitative estimate of drug-likeness (QED) is 0.804. The maximum Gasteiger partial charge on any atom is 0.255 e. The van der Waals surface area contributed by atoms with Gasteiger partial charge in [0.05, 0.1) is 12.6 Å². The lowest BCUT2D eigenvalue weighted by atomic mass is 9.99. The molecule has 0 radical (unpaired) electrons. The molecule has 1 aromatic carbocycles. The van der Waals surface area contributed by atoms with Crippen LogP contribution in [0.4, 0.5) is 0 Å². The Labute approximate surface area is 144 Å². The Hall–Kier alpha value is -1.88. The molecule has 2 amide bonds. The summed E-state index contributed by atoms with van der Waals surface area (Å²) >= 11 is 0. The number of nitrogens with one attached hydrogen (secondary N) is 1. The minimum Gasteiger partial charge on any atom is -0.394 e. The van der Waals surface area contributed by atoms with Crippen LogP contribution in [0.15, 0.2) is 24.3 Å². The van der Waals surface area contributed by atoms with Crippen molar-refractivity contribution in [3.05, 3.63) is 35.4 Å². The highest BCUT2D eigenvalue weighted by atomic mass is 16.3. The third kappa shape index (κ3) is 3.96. The van der Waals surface area contributed by atoms with Crippen LogP contribution in [0.2, 0.25) is 0 Å². The molecular weight excluding hydrogens is 304 g/mol. The zero-order valence-corrected chi connectivity index (χ0v) is 15.0. The number of carbonyl (C=O) groups excluding carboxylic acids is 2. The zero-order chi connectivity index (χ0) is 17.9. The summed E-state index contributed by atoms with van der Waals surface area (Å²) in [6.07, 6.45) is 0.599. The van der Waals surface area contributed by atoms with E-state index in [0.717, 1.165) is 5.56 Å². The zero-order valence-electron chi connectivity index (χ0n) is 15.0. The summed E-state index contributed by atoms with van der Waals surface area (Å²) in [6, 6.07) is 6.69. The van der Waals surface area contributed by atoms with Crippen LogP contribution in [0.1, 0.15) is 50.0 Å². The van der Waals surface area contributed by atoms with Crippen molar-refractivity contribution < 1.29 is 14.7 Å². The Morgan fingerprint density at radius 1 is 1.25 bits per heavy atom. The van der Waals surface area contributed by atoms with E-state index in [-0.39, 0.29) is 36.3 Å². The van der Waals surface area contributed by atoms with E-state index in [9.17, 15) is 14.7 Å². The lowest BCUT2D eigenvalue weighted by molar-refractivity contribution is -0.127. The van der Waals surface area contributed by atoms with E-state index in [4.69, 9.17) is 0 Å². The third-order valence-corrected chi connectivity index (χ3v) is 4.55. The summed E-state index contributed by atoms with van der Waals surface area (Å²) in [5.41, 5.74) is 1.65. The first kappa shape index (κ1) is 18.5. The third-order valence-electron chi connectivity index (χ3n) is 4.55. The lowest BCUT2D eigenvalue weighted by Crippen LogP contribution is -2.52. The van der Waals surface area contributed by atoms with Crippen molar-refractivity contribution in [3.8, 4) is 0 Å². The fraction of sp³-hybridized carbons (Fsp3) is 0.579. The molecule has 132 valence electrons. The summed E-state index contributed by atoms with van der Waals surface area (Å²) in [5.74, 6) is 0.142. The van der Waals surface area contributed by atoms with Gasteiger partial charge in [-0.1, -0.05) is 45.9 Å². The number of fused-ring (bicyclic) bond motifs is 1. The highest BCUT2D eigenvalue weighted by Gasteiger charge is 2.37. The van der Waals surface area contributed by atoms with Gasteiger partial charge in [0.25, 0.3) is 5.91 Å². The summed E-state index contributed by atoms with van der Waals surface area (Å²) < 4.78 is 0. The second-order valence-corrected chi connectivity index (χ2v) is 7.28. The van der Waals surface area contributed by atoms with Crippen LogP contribution in [0.5, 0.6) is 0 Å². The number of hydrogen-bond donors (Lipinski definition) is 2. The number of rotatable bonds is 7. The van der Waals surface area contributed by atoms with E-state index in [1.54, 1.807) is 4.90 Å². The van der Waals surface area contributed by atoms with Gasteiger partial charge < -0.3 is 15.3 Å². The maximum absolute atomic E-state index is 12.8. The molecule has 0 spiro atoms. The molecule has 2 N–H and O–H groups in total. The first-order valence-corrected chi connectivity index (χ1v) is 8.65. The van der Waals surface area contributed by atoms with E-state index in [1.165, 1.54) is 0 Å². The van der Waals surface area contributed by atoms with Crippen molar-refractivity contribution in [1.29, 1.82) is 0 Å². The summed E-state index contributed by atoms with van der Waals surface area (Å²) in [5, 5.41) is 12.4. The molecule has 1 heterocycles. The number of aliphatic hydroxyl groups excluding tert-OH is 1. The Bertz CT molecular complexity index is 598. The van der Waals surface area contributed by atoms with Crippen LogP contribution in [0.3, 0.4) is 0 Å². The number of carbonyl (C=O) groups is 2. The standard InChI is InChI=1S/C19H28N2O3/c1-12(2)9-17(18(23)20-16(11-22)13(3)4)21-10-14-7-5-6-8-15(14)19(21)24/h5-8,12-13,16-17,22H,9-11H2,1-4H3,(H,20,23). The van der Waals surface area contributed by atoms with E-state index in [1.807, 2.05) is 52.0 Å². The van der Waals surface area contributed by atoms with E-state index in [0.29, 0.717) is 18.5 Å². The van der Waals surface area contributed by atoms with Gasteiger partial charge in [-0.05, 0) is 29.9 Å². The smallest absolute Gasteiger partial charge is 0.255 e. The van der Waals surface area contributed by atoms with Crippen LogP contribution in [0.25, 0.3) is 0 Å². The summed E-state index contributed by atoms with van der Waals surface area (Å²) in [6.45, 7) is 8.35. The summed E-state index contributed by atoms with van der Waals surface area (Å²) in [7, 11) is 0. The lowest BCUT2D eigenvalue weighted by Gasteiger charge is -2.30. The predicted molar refractivity (Wildman–Crippen MR) is 93.4 cm³/mol. The molecule has 0 saturated heterocycles. The molecule has 5 heteroatoms. The number of benzene rings is 1. The molecule has 1 aromatic rings. The fourth-order valence-electron chi connectivity index (χ4n) is 3.05. The Morgan fingerprint density at radius 2 is 1.92 bits per heavy atom. The molecule has 2 unspecified atom stereocenters. The maximum atomic E-state index is 12.8. The molecule has 24 heavy (non-hydrogen) atoms. The van der Waals surface area contributed by atoms with Crippen molar-refractivity contribution >= 4 is 11.8 Å². The predicted octanol–water partition coefficient (Wildman–Crippen LogP) is 2.19. The Balaban J connectivity index is 2.20. The van der Waals surface area contributed by atoms with E-state index >= 15 is 0 Å². The fourth-order valence-corrected chi connectivity index (χ4v) is 3.05. The highest BCUT2D eigenvalue weighted by molar-refractivity contribution is 6.01. The van der Waals surface area contributed by atoms with Gasteiger partial charge in [0, 0.05) is 12.1 Å². The monoisotopic (exact) mass is 332 g/mol. The van der Waals surface area contributed by atoms with Crippen LogP contribution >= 0.6 is 0 Å². The molecule has 2 rings (SSSR count). The van der Waals surface area contributed by atoms with Gasteiger partial charge in [0.15, 0.2) is 0 Å². The van der Waals surface area contributed by atoms with Crippen molar-refractivity contribution in [2.75, 3.05) is 6.61 Å². The molecule has 0 aliphatic carbocycles. The molecule has 0 aromatic heterocycles. The average Bonchev–Trinajstić information content (AvgIpc) is 2.86.